The van der Waals surface area contributed by atoms with E-state index in [0.717, 1.165) is 11.1 Å². The SMILES string of the molecule is C[C@H](CC(=O)[C@@H]1Cc2ccc(O)c(c2)-c2cc(ccc2O)[C@H](N(C)C(=O)[C@H](CCCCN)CC(=O)c2ccc(-c3ccc(Cl)cc3)cc2)C(=O)C[C@@H](C)C(=O)N1)C(=O)Cc1cn[nH]n1. The number of nitrogens with one attached hydrogen (secondary N) is 2. The number of fused-ring (bicyclic) bond motifs is 5. The summed E-state index contributed by atoms with van der Waals surface area (Å²) < 4.78 is 0. The van der Waals surface area contributed by atoms with Crippen LogP contribution in [0.25, 0.3) is 22.3 Å². The Morgan fingerprint density at radius 3 is 2.19 bits per heavy atom. The number of amides is 2. The Morgan fingerprint density at radius 2 is 1.53 bits per heavy atom. The number of aromatic nitrogens is 3. The standard InChI is InChI=1S/C49H53ClN6O8/c1-28(43(59)26-37-27-52-55-54-37)20-45(61)40-23-30-7-17-41(57)38(22-30)39-24-34(14-18-42(39)58)47(46(62)21-29(2)48(63)53-40)56(3)49(64)35(6-4-5-19-51)25-44(60)33-10-8-31(9-11-33)32-12-15-36(50)16-13-32/h7-18,22,24,27-29,35,40,47,57-58H,4-6,19-21,23,25-26,51H2,1-3H3,(H,53,63)(H,52,54,55)/t28-,29-,35-,40+,47+/m1/s1. The van der Waals surface area contributed by atoms with E-state index in [2.05, 4.69) is 20.7 Å². The summed E-state index contributed by atoms with van der Waals surface area (Å²) >= 11 is 6.06. The Balaban J connectivity index is 1.30. The second-order valence-electron chi connectivity index (χ2n) is 16.7. The number of hydrogen-bond donors (Lipinski definition) is 5. The summed E-state index contributed by atoms with van der Waals surface area (Å²) in [6.07, 6.45) is 2.17. The molecule has 0 unspecified atom stereocenters. The van der Waals surface area contributed by atoms with Crippen molar-refractivity contribution in [3.8, 4) is 33.8 Å². The van der Waals surface area contributed by atoms with E-state index in [0.29, 0.717) is 53.2 Å². The number of Topliss-reactive ketones (excluding diaryl/α,β-unsaturated/α-hetero) is 4. The lowest BCUT2D eigenvalue weighted by Gasteiger charge is -2.32. The van der Waals surface area contributed by atoms with Crippen LogP contribution in [0.1, 0.15) is 85.6 Å². The van der Waals surface area contributed by atoms with Crippen molar-refractivity contribution >= 4 is 46.5 Å². The first-order valence-electron chi connectivity index (χ1n) is 21.4. The largest absolute Gasteiger partial charge is 0.507 e. The molecule has 1 aliphatic rings. The van der Waals surface area contributed by atoms with Crippen LogP contribution in [0.4, 0.5) is 0 Å². The van der Waals surface area contributed by atoms with Crippen LogP contribution in [0.15, 0.2) is 91.1 Å². The molecule has 64 heavy (non-hydrogen) atoms. The lowest BCUT2D eigenvalue weighted by Crippen LogP contribution is -2.46. The van der Waals surface area contributed by atoms with Crippen LogP contribution in [0, 0.1) is 17.8 Å². The second kappa shape index (κ2) is 21.2. The number of hydrogen-bond acceptors (Lipinski definition) is 11. The van der Waals surface area contributed by atoms with Gasteiger partial charge in [0, 0.05) is 65.8 Å². The van der Waals surface area contributed by atoms with Crippen molar-refractivity contribution in [2.24, 2.45) is 23.5 Å². The van der Waals surface area contributed by atoms with E-state index in [9.17, 15) is 39.0 Å². The highest BCUT2D eigenvalue weighted by Gasteiger charge is 2.36. The summed E-state index contributed by atoms with van der Waals surface area (Å²) in [5.41, 5.74) is 9.66. The van der Waals surface area contributed by atoms with Gasteiger partial charge in [0.25, 0.3) is 0 Å². The molecule has 15 heteroatoms. The van der Waals surface area contributed by atoms with Gasteiger partial charge < -0.3 is 26.2 Å². The number of nitrogens with zero attached hydrogens (tertiary/aromatic N) is 3. The van der Waals surface area contributed by atoms with Crippen LogP contribution in [0.5, 0.6) is 11.5 Å². The van der Waals surface area contributed by atoms with Crippen LogP contribution in [0.3, 0.4) is 0 Å². The lowest BCUT2D eigenvalue weighted by atomic mass is 9.87. The number of nitrogens with two attached hydrogens (primary N) is 1. The highest BCUT2D eigenvalue weighted by molar-refractivity contribution is 6.30. The third kappa shape index (κ3) is 11.5. The Labute approximate surface area is 376 Å². The maximum atomic E-state index is 14.7. The van der Waals surface area contributed by atoms with Crippen molar-refractivity contribution in [3.63, 3.8) is 0 Å². The van der Waals surface area contributed by atoms with E-state index in [4.69, 9.17) is 17.3 Å². The fourth-order valence-electron chi connectivity index (χ4n) is 8.11. The van der Waals surface area contributed by atoms with Gasteiger partial charge in [-0.3, -0.25) is 28.8 Å². The summed E-state index contributed by atoms with van der Waals surface area (Å²) in [7, 11) is 1.48. The molecule has 4 bridgehead atoms. The molecule has 2 heterocycles. The van der Waals surface area contributed by atoms with Gasteiger partial charge in [0.1, 0.15) is 23.3 Å². The minimum atomic E-state index is -1.28. The number of carbonyl (C=O) groups excluding carboxylic acids is 6. The predicted octanol–water partition coefficient (Wildman–Crippen LogP) is 6.76. The minimum absolute atomic E-state index is 0.0141. The number of phenolic OH excluding ortho intramolecular Hbond substituents is 2. The van der Waals surface area contributed by atoms with E-state index in [-0.39, 0.29) is 66.3 Å². The number of likely N-dealkylation sites (N-methyl/N-ethyl adjacent to an activating group) is 1. The van der Waals surface area contributed by atoms with Gasteiger partial charge in [-0.25, -0.2) is 0 Å². The topological polar surface area (TPSA) is 226 Å². The van der Waals surface area contributed by atoms with Gasteiger partial charge in [0.05, 0.1) is 24.4 Å². The lowest BCUT2D eigenvalue weighted by molar-refractivity contribution is -0.142. The highest BCUT2D eigenvalue weighted by atomic mass is 35.5. The van der Waals surface area contributed by atoms with Gasteiger partial charge in [-0.2, -0.15) is 15.4 Å². The van der Waals surface area contributed by atoms with Crippen LogP contribution >= 0.6 is 11.6 Å². The molecule has 1 aromatic heterocycles. The molecule has 2 amide bonds. The molecule has 5 atom stereocenters. The highest BCUT2D eigenvalue weighted by Crippen LogP contribution is 2.40. The Bertz CT molecular complexity index is 2490. The van der Waals surface area contributed by atoms with E-state index >= 15 is 0 Å². The summed E-state index contributed by atoms with van der Waals surface area (Å²) in [5, 5.41) is 35.9. The fourth-order valence-corrected chi connectivity index (χ4v) is 8.23. The first kappa shape index (κ1) is 47.0. The number of ketones is 4. The molecule has 334 valence electrons. The van der Waals surface area contributed by atoms with Crippen molar-refractivity contribution in [3.05, 3.63) is 119 Å². The first-order chi connectivity index (χ1) is 30.6. The average molecular weight is 889 g/mol. The summed E-state index contributed by atoms with van der Waals surface area (Å²) in [6.45, 7) is 3.56. The molecule has 5 aromatic rings. The predicted molar refractivity (Wildman–Crippen MR) is 241 cm³/mol. The molecule has 6 rings (SSSR count). The molecular weight excluding hydrogens is 836 g/mol. The molecule has 0 fully saturated rings. The van der Waals surface area contributed by atoms with Gasteiger partial charge >= 0.3 is 0 Å². The number of carbonyl (C=O) groups is 6. The third-order valence-electron chi connectivity index (χ3n) is 11.9. The number of phenols is 2. The third-order valence-corrected chi connectivity index (χ3v) is 12.1. The molecule has 4 aromatic carbocycles. The number of H-pyrrole nitrogens is 1. The number of unbranched alkanes of at least 4 members (excludes halogenated alkanes) is 1. The molecule has 0 saturated heterocycles. The van der Waals surface area contributed by atoms with Crippen molar-refractivity contribution < 1.29 is 39.0 Å². The average Bonchev–Trinajstić information content (AvgIpc) is 3.79. The Kier molecular flexibility index (Phi) is 15.6. The summed E-state index contributed by atoms with van der Waals surface area (Å²) in [6, 6.07) is 21.0. The fraction of sp³-hybridized carbons (Fsp3) is 0.347. The van der Waals surface area contributed by atoms with Crippen LogP contribution in [0.2, 0.25) is 5.02 Å². The minimum Gasteiger partial charge on any atom is -0.507 e. The Hall–Kier alpha value is -6.51. The van der Waals surface area contributed by atoms with Gasteiger partial charge in [-0.05, 0) is 84.5 Å². The maximum absolute atomic E-state index is 14.7. The smallest absolute Gasteiger partial charge is 0.226 e. The monoisotopic (exact) mass is 888 g/mol. The van der Waals surface area contributed by atoms with Gasteiger partial charge in [0.2, 0.25) is 11.8 Å². The molecule has 0 aliphatic carbocycles. The van der Waals surface area contributed by atoms with Crippen LogP contribution < -0.4 is 11.1 Å². The molecule has 0 spiro atoms. The van der Waals surface area contributed by atoms with Crippen LogP contribution in [-0.4, -0.2) is 85.1 Å². The summed E-state index contributed by atoms with van der Waals surface area (Å²) in [5.74, 6) is -5.43. The number of aromatic hydroxyl groups is 2. The molecule has 6 N–H and O–H groups in total. The Morgan fingerprint density at radius 1 is 0.875 bits per heavy atom. The zero-order valence-electron chi connectivity index (χ0n) is 36.1. The molecule has 0 radical (unpaired) electrons. The van der Waals surface area contributed by atoms with Crippen molar-refractivity contribution in [2.45, 2.75) is 77.3 Å². The van der Waals surface area contributed by atoms with E-state index < -0.39 is 53.2 Å². The maximum Gasteiger partial charge on any atom is 0.226 e. The second-order valence-corrected chi connectivity index (χ2v) is 17.1. The normalized spacial score (nSPS) is 17.4. The van der Waals surface area contributed by atoms with Gasteiger partial charge in [-0.15, -0.1) is 0 Å². The zero-order valence-corrected chi connectivity index (χ0v) is 36.8. The number of rotatable bonds is 16. The van der Waals surface area contributed by atoms with E-state index in [1.165, 1.54) is 42.4 Å². The number of aromatic amines is 1. The van der Waals surface area contributed by atoms with Crippen LogP contribution in [-0.2, 0) is 36.8 Å². The quantitative estimate of drug-likeness (QED) is 0.0514. The molecule has 0 saturated carbocycles. The first-order valence-corrected chi connectivity index (χ1v) is 21.8. The van der Waals surface area contributed by atoms with Crippen molar-refractivity contribution in [1.29, 1.82) is 0 Å². The van der Waals surface area contributed by atoms with Gasteiger partial charge in [0.15, 0.2) is 17.3 Å². The zero-order chi connectivity index (χ0) is 46.1. The number of benzene rings is 4. The molecule has 1 aliphatic heterocycles. The van der Waals surface area contributed by atoms with Crippen molar-refractivity contribution in [2.75, 3.05) is 13.6 Å². The molecule has 14 nitrogen and oxygen atoms in total. The number of halogens is 1. The van der Waals surface area contributed by atoms with Crippen molar-refractivity contribution in [1.82, 2.24) is 25.6 Å². The van der Waals surface area contributed by atoms with E-state index in [1.54, 1.807) is 50.2 Å². The van der Waals surface area contributed by atoms with Gasteiger partial charge in [-0.1, -0.05) is 80.4 Å². The summed E-state index contributed by atoms with van der Waals surface area (Å²) in [4.78, 5) is 85.2. The molecular formula is C49H53ClN6O8. The van der Waals surface area contributed by atoms with E-state index in [1.807, 2.05) is 24.3 Å².